The Morgan fingerprint density at radius 2 is 1.80 bits per heavy atom. The fourth-order valence-corrected chi connectivity index (χ4v) is 1.86. The normalized spacial score (nSPS) is 10.9. The average Bonchev–Trinajstić information content (AvgIpc) is 2.38. The van der Waals surface area contributed by atoms with Crippen molar-refractivity contribution in [3.8, 4) is 6.07 Å². The molecular formula is C15H11F3N2. The zero-order chi connectivity index (χ0) is 14.8. The van der Waals surface area contributed by atoms with Gasteiger partial charge in [0.15, 0.2) is 0 Å². The molecule has 0 aliphatic rings. The summed E-state index contributed by atoms with van der Waals surface area (Å²) in [6.45, 7) is 1.74. The van der Waals surface area contributed by atoms with E-state index in [4.69, 9.17) is 5.26 Å². The number of nitriles is 1. The van der Waals surface area contributed by atoms with E-state index in [9.17, 15) is 13.2 Å². The quantitative estimate of drug-likeness (QED) is 0.868. The number of anilines is 2. The maximum Gasteiger partial charge on any atom is 0.418 e. The molecule has 0 saturated carbocycles. The SMILES string of the molecule is Cc1cc(Nc2ccccc2C(F)(F)F)ccc1C#N. The van der Waals surface area contributed by atoms with Gasteiger partial charge in [-0.15, -0.1) is 0 Å². The van der Waals surface area contributed by atoms with E-state index in [1.165, 1.54) is 18.2 Å². The first-order chi connectivity index (χ1) is 9.41. The molecule has 20 heavy (non-hydrogen) atoms. The molecule has 0 radical (unpaired) electrons. The standard InChI is InChI=1S/C15H11F3N2/c1-10-8-12(7-6-11(10)9-19)20-14-5-3-2-4-13(14)15(16,17)18/h2-8,20H,1H3. The van der Waals surface area contributed by atoms with Gasteiger partial charge in [0.25, 0.3) is 0 Å². The van der Waals surface area contributed by atoms with Crippen molar-refractivity contribution in [2.45, 2.75) is 13.1 Å². The van der Waals surface area contributed by atoms with Gasteiger partial charge in [0, 0.05) is 5.69 Å². The number of nitrogens with one attached hydrogen (secondary N) is 1. The van der Waals surface area contributed by atoms with Crippen molar-refractivity contribution in [1.82, 2.24) is 0 Å². The van der Waals surface area contributed by atoms with Crippen molar-refractivity contribution < 1.29 is 13.2 Å². The number of aryl methyl sites for hydroxylation is 1. The first-order valence-corrected chi connectivity index (χ1v) is 5.86. The van der Waals surface area contributed by atoms with Crippen LogP contribution in [0.2, 0.25) is 0 Å². The summed E-state index contributed by atoms with van der Waals surface area (Å²) in [5, 5.41) is 11.6. The van der Waals surface area contributed by atoms with Crippen LogP contribution in [0.25, 0.3) is 0 Å². The molecule has 0 saturated heterocycles. The Morgan fingerprint density at radius 1 is 1.10 bits per heavy atom. The minimum Gasteiger partial charge on any atom is -0.355 e. The van der Waals surface area contributed by atoms with Gasteiger partial charge < -0.3 is 5.32 Å². The fourth-order valence-electron chi connectivity index (χ4n) is 1.86. The van der Waals surface area contributed by atoms with E-state index in [1.807, 2.05) is 6.07 Å². The third-order valence-corrected chi connectivity index (χ3v) is 2.86. The molecule has 0 aromatic heterocycles. The van der Waals surface area contributed by atoms with Crippen LogP contribution >= 0.6 is 0 Å². The number of nitrogens with zero attached hydrogens (tertiary/aromatic N) is 1. The summed E-state index contributed by atoms with van der Waals surface area (Å²) in [6.07, 6.45) is -4.41. The molecule has 0 fully saturated rings. The lowest BCUT2D eigenvalue weighted by atomic mass is 10.1. The van der Waals surface area contributed by atoms with Crippen molar-refractivity contribution >= 4 is 11.4 Å². The van der Waals surface area contributed by atoms with Crippen molar-refractivity contribution in [3.05, 3.63) is 59.2 Å². The van der Waals surface area contributed by atoms with Gasteiger partial charge in [-0.05, 0) is 42.8 Å². The van der Waals surface area contributed by atoms with Crippen molar-refractivity contribution in [2.24, 2.45) is 0 Å². The minimum atomic E-state index is -4.41. The van der Waals surface area contributed by atoms with Gasteiger partial charge in [-0.1, -0.05) is 12.1 Å². The lowest BCUT2D eigenvalue weighted by Gasteiger charge is -2.14. The minimum absolute atomic E-state index is 0.0101. The number of para-hydroxylation sites is 1. The van der Waals surface area contributed by atoms with E-state index in [1.54, 1.807) is 25.1 Å². The lowest BCUT2D eigenvalue weighted by Crippen LogP contribution is -2.08. The Hall–Kier alpha value is -2.48. The molecule has 2 aromatic carbocycles. The van der Waals surface area contributed by atoms with Crippen LogP contribution < -0.4 is 5.32 Å². The summed E-state index contributed by atoms with van der Waals surface area (Å²) in [5.41, 5.74) is 0.992. The maximum absolute atomic E-state index is 12.9. The van der Waals surface area contributed by atoms with E-state index in [0.29, 0.717) is 16.8 Å². The van der Waals surface area contributed by atoms with Crippen LogP contribution in [-0.4, -0.2) is 0 Å². The highest BCUT2D eigenvalue weighted by Crippen LogP contribution is 2.35. The molecule has 0 unspecified atom stereocenters. The number of halogens is 3. The van der Waals surface area contributed by atoms with Crippen LogP contribution in [0.3, 0.4) is 0 Å². The first kappa shape index (κ1) is 13.9. The number of rotatable bonds is 2. The van der Waals surface area contributed by atoms with E-state index < -0.39 is 11.7 Å². The maximum atomic E-state index is 12.9. The second-order valence-corrected chi connectivity index (χ2v) is 4.31. The Labute approximate surface area is 114 Å². The average molecular weight is 276 g/mol. The summed E-state index contributed by atoms with van der Waals surface area (Å²) in [4.78, 5) is 0. The monoisotopic (exact) mass is 276 g/mol. The highest BCUT2D eigenvalue weighted by molar-refractivity contribution is 5.65. The predicted molar refractivity (Wildman–Crippen MR) is 70.6 cm³/mol. The molecule has 2 nitrogen and oxygen atoms in total. The number of benzene rings is 2. The molecule has 0 bridgehead atoms. The summed E-state index contributed by atoms with van der Waals surface area (Å²) in [5.74, 6) is 0. The number of hydrogen-bond donors (Lipinski definition) is 1. The predicted octanol–water partition coefficient (Wildman–Crippen LogP) is 4.63. The van der Waals surface area contributed by atoms with Crippen LogP contribution in [0.15, 0.2) is 42.5 Å². The third-order valence-electron chi connectivity index (χ3n) is 2.86. The van der Waals surface area contributed by atoms with Crippen molar-refractivity contribution in [2.75, 3.05) is 5.32 Å². The van der Waals surface area contributed by atoms with Crippen LogP contribution in [0.1, 0.15) is 16.7 Å². The Morgan fingerprint density at radius 3 is 2.40 bits per heavy atom. The topological polar surface area (TPSA) is 35.8 Å². The smallest absolute Gasteiger partial charge is 0.355 e. The molecule has 2 aromatic rings. The molecule has 0 aliphatic carbocycles. The Balaban J connectivity index is 2.36. The highest BCUT2D eigenvalue weighted by atomic mass is 19.4. The Bertz CT molecular complexity index is 670. The summed E-state index contributed by atoms with van der Waals surface area (Å²) in [7, 11) is 0. The van der Waals surface area contributed by atoms with Gasteiger partial charge in [-0.25, -0.2) is 0 Å². The van der Waals surface area contributed by atoms with Gasteiger partial charge in [0.1, 0.15) is 0 Å². The molecular weight excluding hydrogens is 265 g/mol. The molecule has 102 valence electrons. The van der Waals surface area contributed by atoms with E-state index in [-0.39, 0.29) is 5.69 Å². The summed E-state index contributed by atoms with van der Waals surface area (Å²) < 4.78 is 38.6. The fraction of sp³-hybridized carbons (Fsp3) is 0.133. The lowest BCUT2D eigenvalue weighted by molar-refractivity contribution is -0.136. The van der Waals surface area contributed by atoms with Crippen LogP contribution in [-0.2, 0) is 6.18 Å². The Kier molecular flexibility index (Phi) is 3.66. The van der Waals surface area contributed by atoms with Crippen LogP contribution in [0, 0.1) is 18.3 Å². The van der Waals surface area contributed by atoms with Crippen molar-refractivity contribution in [1.29, 1.82) is 5.26 Å². The molecule has 0 aliphatic heterocycles. The molecule has 2 rings (SSSR count). The molecule has 0 amide bonds. The highest BCUT2D eigenvalue weighted by Gasteiger charge is 2.33. The van der Waals surface area contributed by atoms with E-state index in [2.05, 4.69) is 5.32 Å². The second-order valence-electron chi connectivity index (χ2n) is 4.31. The van der Waals surface area contributed by atoms with Gasteiger partial charge in [-0.2, -0.15) is 18.4 Å². The molecule has 5 heteroatoms. The van der Waals surface area contributed by atoms with E-state index >= 15 is 0 Å². The van der Waals surface area contributed by atoms with Gasteiger partial charge in [0.05, 0.1) is 22.9 Å². The van der Waals surface area contributed by atoms with Crippen molar-refractivity contribution in [3.63, 3.8) is 0 Å². The van der Waals surface area contributed by atoms with Gasteiger partial charge in [0.2, 0.25) is 0 Å². The van der Waals surface area contributed by atoms with Crippen LogP contribution in [0.4, 0.5) is 24.5 Å². The number of alkyl halides is 3. The second kappa shape index (κ2) is 5.25. The molecule has 1 N–H and O–H groups in total. The summed E-state index contributed by atoms with van der Waals surface area (Å²) >= 11 is 0. The molecule has 0 atom stereocenters. The molecule has 0 spiro atoms. The zero-order valence-corrected chi connectivity index (χ0v) is 10.6. The summed E-state index contributed by atoms with van der Waals surface area (Å²) in [6, 6.07) is 12.1. The zero-order valence-electron chi connectivity index (χ0n) is 10.6. The molecule has 0 heterocycles. The number of hydrogen-bond acceptors (Lipinski definition) is 2. The van der Waals surface area contributed by atoms with Gasteiger partial charge in [-0.3, -0.25) is 0 Å². The largest absolute Gasteiger partial charge is 0.418 e. The van der Waals surface area contributed by atoms with E-state index in [0.717, 1.165) is 6.07 Å². The van der Waals surface area contributed by atoms with Gasteiger partial charge >= 0.3 is 6.18 Å². The third kappa shape index (κ3) is 2.91. The first-order valence-electron chi connectivity index (χ1n) is 5.86. The van der Waals surface area contributed by atoms with Crippen LogP contribution in [0.5, 0.6) is 0 Å².